The van der Waals surface area contributed by atoms with Crippen LogP contribution in [0.25, 0.3) is 0 Å². The number of hydrogen-bond acceptors (Lipinski definition) is 4. The van der Waals surface area contributed by atoms with Crippen molar-refractivity contribution in [2.75, 3.05) is 31.3 Å². The summed E-state index contributed by atoms with van der Waals surface area (Å²) in [5, 5.41) is 0.329. The van der Waals surface area contributed by atoms with Crippen molar-refractivity contribution < 1.29 is 8.42 Å². The molecule has 0 saturated heterocycles. The zero-order valence-electron chi connectivity index (χ0n) is 10.6. The summed E-state index contributed by atoms with van der Waals surface area (Å²) in [4.78, 5) is 0.177. The van der Waals surface area contributed by atoms with Gasteiger partial charge in [-0.2, -0.15) is 11.8 Å². The molecule has 1 aromatic carbocycles. The fraction of sp³-hybridized carbons (Fsp3) is 0.455. The van der Waals surface area contributed by atoms with Gasteiger partial charge in [0, 0.05) is 30.1 Å². The molecule has 18 heavy (non-hydrogen) atoms. The highest BCUT2D eigenvalue weighted by Gasteiger charge is 2.23. The van der Waals surface area contributed by atoms with Gasteiger partial charge in [-0.25, -0.2) is 12.7 Å². The van der Waals surface area contributed by atoms with Gasteiger partial charge < -0.3 is 5.73 Å². The molecule has 2 N–H and O–H groups in total. The number of anilines is 1. The first kappa shape index (κ1) is 15.6. The molecule has 0 spiro atoms. The highest BCUT2D eigenvalue weighted by atomic mass is 35.5. The lowest BCUT2D eigenvalue weighted by molar-refractivity contribution is 0.488. The van der Waals surface area contributed by atoms with Crippen LogP contribution in [0.4, 0.5) is 5.69 Å². The topological polar surface area (TPSA) is 63.4 Å². The van der Waals surface area contributed by atoms with Gasteiger partial charge >= 0.3 is 0 Å². The third-order valence-corrected chi connectivity index (χ3v) is 5.46. The van der Waals surface area contributed by atoms with Crippen molar-refractivity contribution in [2.45, 2.75) is 11.8 Å². The molecule has 102 valence electrons. The van der Waals surface area contributed by atoms with E-state index in [1.165, 1.54) is 10.4 Å². The van der Waals surface area contributed by atoms with Gasteiger partial charge in [-0.05, 0) is 30.9 Å². The summed E-state index contributed by atoms with van der Waals surface area (Å²) in [6.07, 6.45) is 1.93. The smallest absolute Gasteiger partial charge is 0.243 e. The standard InChI is InChI=1S/C11H17ClN2O2S2/c1-8-10(13)6-9(12)7-11(8)18(15,16)14(2)4-5-17-3/h6-7H,4-5,13H2,1-3H3. The van der Waals surface area contributed by atoms with E-state index in [2.05, 4.69) is 0 Å². The lowest BCUT2D eigenvalue weighted by Gasteiger charge is -2.19. The van der Waals surface area contributed by atoms with Crippen molar-refractivity contribution in [1.82, 2.24) is 4.31 Å². The number of hydrogen-bond donors (Lipinski definition) is 1. The molecule has 0 radical (unpaired) electrons. The van der Waals surface area contributed by atoms with E-state index in [1.807, 2.05) is 6.26 Å². The minimum atomic E-state index is -3.53. The second kappa shape index (κ2) is 6.14. The van der Waals surface area contributed by atoms with Gasteiger partial charge in [-0.1, -0.05) is 11.6 Å². The molecule has 1 aromatic rings. The molecule has 0 fully saturated rings. The molecule has 0 aromatic heterocycles. The summed E-state index contributed by atoms with van der Waals surface area (Å²) in [5.41, 5.74) is 6.67. The van der Waals surface area contributed by atoms with E-state index in [4.69, 9.17) is 17.3 Å². The average molecular weight is 309 g/mol. The molecule has 0 aliphatic carbocycles. The van der Waals surface area contributed by atoms with Crippen molar-refractivity contribution >= 4 is 39.1 Å². The van der Waals surface area contributed by atoms with Crippen LogP contribution in [-0.2, 0) is 10.0 Å². The maximum atomic E-state index is 12.4. The lowest BCUT2D eigenvalue weighted by atomic mass is 10.2. The van der Waals surface area contributed by atoms with Crippen LogP contribution in [0, 0.1) is 6.92 Å². The molecule has 1 rings (SSSR count). The number of thioether (sulfide) groups is 1. The maximum absolute atomic E-state index is 12.4. The molecule has 0 atom stereocenters. The Balaban J connectivity index is 3.20. The number of nitrogens with zero attached hydrogens (tertiary/aromatic N) is 1. The Morgan fingerprint density at radius 1 is 1.44 bits per heavy atom. The molecule has 0 amide bonds. The Morgan fingerprint density at radius 2 is 2.06 bits per heavy atom. The zero-order valence-corrected chi connectivity index (χ0v) is 13.0. The van der Waals surface area contributed by atoms with E-state index >= 15 is 0 Å². The fourth-order valence-corrected chi connectivity index (χ4v) is 3.76. The Bertz CT molecular complexity index is 532. The first-order valence-corrected chi connectivity index (χ1v) is 8.52. The van der Waals surface area contributed by atoms with Gasteiger partial charge in [0.2, 0.25) is 10.0 Å². The lowest BCUT2D eigenvalue weighted by Crippen LogP contribution is -2.29. The summed E-state index contributed by atoms with van der Waals surface area (Å²) >= 11 is 7.46. The average Bonchev–Trinajstić information content (AvgIpc) is 2.30. The van der Waals surface area contributed by atoms with Crippen LogP contribution in [0.2, 0.25) is 5.02 Å². The normalized spacial score (nSPS) is 12.1. The minimum Gasteiger partial charge on any atom is -0.398 e. The quantitative estimate of drug-likeness (QED) is 0.847. The summed E-state index contributed by atoms with van der Waals surface area (Å²) in [5.74, 6) is 0.741. The largest absolute Gasteiger partial charge is 0.398 e. The number of benzene rings is 1. The Kier molecular flexibility index (Phi) is 5.33. The van der Waals surface area contributed by atoms with E-state index in [1.54, 1.807) is 31.8 Å². The molecule has 4 nitrogen and oxygen atoms in total. The highest BCUT2D eigenvalue weighted by Crippen LogP contribution is 2.27. The van der Waals surface area contributed by atoms with Crippen LogP contribution in [0.15, 0.2) is 17.0 Å². The number of nitrogens with two attached hydrogens (primary N) is 1. The first-order chi connectivity index (χ1) is 8.30. The van der Waals surface area contributed by atoms with Crippen LogP contribution in [-0.4, -0.2) is 38.3 Å². The van der Waals surface area contributed by atoms with E-state index in [-0.39, 0.29) is 4.90 Å². The van der Waals surface area contributed by atoms with Crippen molar-refractivity contribution in [3.05, 3.63) is 22.7 Å². The van der Waals surface area contributed by atoms with Crippen molar-refractivity contribution in [3.63, 3.8) is 0 Å². The molecule has 7 heteroatoms. The number of halogens is 1. The van der Waals surface area contributed by atoms with Crippen molar-refractivity contribution in [1.29, 1.82) is 0 Å². The molecule has 0 unspecified atom stereocenters. The van der Waals surface area contributed by atoms with E-state index in [0.717, 1.165) is 5.75 Å². The van der Waals surface area contributed by atoms with Crippen molar-refractivity contribution in [2.24, 2.45) is 0 Å². The second-order valence-electron chi connectivity index (χ2n) is 3.94. The summed E-state index contributed by atoms with van der Waals surface area (Å²) in [7, 11) is -1.97. The van der Waals surface area contributed by atoms with Gasteiger partial charge in [0.15, 0.2) is 0 Å². The summed E-state index contributed by atoms with van der Waals surface area (Å²) in [6, 6.07) is 3.00. The van der Waals surface area contributed by atoms with Crippen LogP contribution in [0.5, 0.6) is 0 Å². The Hall–Kier alpha value is -0.430. The van der Waals surface area contributed by atoms with Crippen LogP contribution in [0.1, 0.15) is 5.56 Å². The van der Waals surface area contributed by atoms with E-state index in [9.17, 15) is 8.42 Å². The highest BCUT2D eigenvalue weighted by molar-refractivity contribution is 7.98. The number of nitrogen functional groups attached to an aromatic ring is 1. The molecule has 0 bridgehead atoms. The number of rotatable bonds is 5. The van der Waals surface area contributed by atoms with Gasteiger partial charge in [-0.15, -0.1) is 0 Å². The summed E-state index contributed by atoms with van der Waals surface area (Å²) < 4.78 is 26.1. The van der Waals surface area contributed by atoms with Crippen LogP contribution >= 0.6 is 23.4 Å². The van der Waals surface area contributed by atoms with Gasteiger partial charge in [-0.3, -0.25) is 0 Å². The molecule has 0 aliphatic heterocycles. The minimum absolute atomic E-state index is 0.177. The zero-order chi connectivity index (χ0) is 13.9. The van der Waals surface area contributed by atoms with E-state index < -0.39 is 10.0 Å². The van der Waals surface area contributed by atoms with Gasteiger partial charge in [0.25, 0.3) is 0 Å². The Morgan fingerprint density at radius 3 is 2.61 bits per heavy atom. The second-order valence-corrected chi connectivity index (χ2v) is 7.37. The fourth-order valence-electron chi connectivity index (χ4n) is 1.45. The third kappa shape index (κ3) is 3.32. The first-order valence-electron chi connectivity index (χ1n) is 5.31. The van der Waals surface area contributed by atoms with Crippen LogP contribution < -0.4 is 5.73 Å². The van der Waals surface area contributed by atoms with Crippen molar-refractivity contribution in [3.8, 4) is 0 Å². The monoisotopic (exact) mass is 308 g/mol. The van der Waals surface area contributed by atoms with E-state index in [0.29, 0.717) is 22.8 Å². The SMILES string of the molecule is CSCCN(C)S(=O)(=O)c1cc(Cl)cc(N)c1C. The summed E-state index contributed by atoms with van der Waals surface area (Å²) in [6.45, 7) is 2.14. The molecular formula is C11H17ClN2O2S2. The van der Waals surface area contributed by atoms with Gasteiger partial charge in [0.1, 0.15) is 0 Å². The molecular weight excluding hydrogens is 292 g/mol. The predicted octanol–water partition coefficient (Wildman–Crippen LogP) is 2.21. The molecule has 0 saturated carbocycles. The molecule has 0 aliphatic rings. The Labute approximate surface area is 118 Å². The van der Waals surface area contributed by atoms with Gasteiger partial charge in [0.05, 0.1) is 4.90 Å². The molecule has 0 heterocycles. The number of sulfonamides is 1. The third-order valence-electron chi connectivity index (χ3n) is 2.66. The maximum Gasteiger partial charge on any atom is 0.243 e. The predicted molar refractivity (Wildman–Crippen MR) is 78.8 cm³/mol. The van der Waals surface area contributed by atoms with Crippen LogP contribution in [0.3, 0.4) is 0 Å².